The van der Waals surface area contributed by atoms with Crippen molar-refractivity contribution in [2.45, 2.75) is 46.0 Å². The van der Waals surface area contributed by atoms with Gasteiger partial charge in [-0.15, -0.1) is 0 Å². The van der Waals surface area contributed by atoms with E-state index in [1.54, 1.807) is 6.20 Å². The molecule has 0 saturated carbocycles. The van der Waals surface area contributed by atoms with Crippen LogP contribution < -0.4 is 24.8 Å². The molecule has 0 N–H and O–H groups in total. The van der Waals surface area contributed by atoms with Crippen LogP contribution in [0.2, 0.25) is 0 Å². The fourth-order valence-corrected chi connectivity index (χ4v) is 3.14. The minimum Gasteiger partial charge on any atom is -1.00 e. The molecule has 0 aliphatic rings. The Hall–Kier alpha value is -1.71. The summed E-state index contributed by atoms with van der Waals surface area (Å²) < 4.78 is 0. The number of para-hydroxylation sites is 1. The molecule has 160 valence electrons. The van der Waals surface area contributed by atoms with Crippen LogP contribution in [0, 0.1) is 0 Å². The SMILES string of the molecule is CC(C)c1cccc(C(C)C)c1N=CCc1cccc(-c2ccccn2)n1.[Cl-].[Cl-].[Fe+2]. The molecule has 3 rings (SSSR count). The van der Waals surface area contributed by atoms with Crippen LogP contribution in [0.5, 0.6) is 0 Å². The van der Waals surface area contributed by atoms with Gasteiger partial charge in [0.2, 0.25) is 0 Å². The summed E-state index contributed by atoms with van der Waals surface area (Å²) in [4.78, 5) is 14.0. The van der Waals surface area contributed by atoms with Crippen molar-refractivity contribution in [2.75, 3.05) is 0 Å². The quantitative estimate of drug-likeness (QED) is 0.374. The molecule has 6 heteroatoms. The molecule has 0 bridgehead atoms. The Morgan fingerprint density at radius 1 is 0.800 bits per heavy atom. The predicted molar refractivity (Wildman–Crippen MR) is 114 cm³/mol. The van der Waals surface area contributed by atoms with Gasteiger partial charge in [0, 0.05) is 24.5 Å². The van der Waals surface area contributed by atoms with Crippen molar-refractivity contribution in [3.05, 3.63) is 77.6 Å². The second-order valence-electron chi connectivity index (χ2n) is 7.34. The maximum Gasteiger partial charge on any atom is 2.00 e. The van der Waals surface area contributed by atoms with E-state index in [0.29, 0.717) is 18.3 Å². The average Bonchev–Trinajstić information content (AvgIpc) is 2.68. The normalized spacial score (nSPS) is 10.5. The van der Waals surface area contributed by atoms with Crippen molar-refractivity contribution in [1.29, 1.82) is 0 Å². The summed E-state index contributed by atoms with van der Waals surface area (Å²) in [6.45, 7) is 8.87. The van der Waals surface area contributed by atoms with Gasteiger partial charge in [0.15, 0.2) is 0 Å². The Labute approximate surface area is 203 Å². The second kappa shape index (κ2) is 13.6. The van der Waals surface area contributed by atoms with Gasteiger partial charge in [-0.1, -0.05) is 58.0 Å². The Morgan fingerprint density at radius 3 is 1.97 bits per heavy atom. The number of aliphatic imine (C=N–C) groups is 1. The Morgan fingerprint density at radius 2 is 1.40 bits per heavy atom. The van der Waals surface area contributed by atoms with Crippen LogP contribution in [-0.4, -0.2) is 16.2 Å². The standard InChI is InChI=1S/C24H27N3.2ClH.Fe/c1-17(2)20-10-8-11-21(18(3)4)24(20)26-16-14-19-9-7-13-23(27-19)22-12-5-6-15-25-22;;;/h5-13,15-18H,14H2,1-4H3;2*1H;/q;;;+2/p-2. The third-order valence-electron chi connectivity index (χ3n) is 4.60. The largest absolute Gasteiger partial charge is 2.00 e. The topological polar surface area (TPSA) is 38.1 Å². The van der Waals surface area contributed by atoms with Crippen LogP contribution >= 0.6 is 0 Å². The number of hydrogen-bond donors (Lipinski definition) is 0. The zero-order valence-electron chi connectivity index (χ0n) is 17.7. The van der Waals surface area contributed by atoms with Crippen LogP contribution in [-0.2, 0) is 23.5 Å². The van der Waals surface area contributed by atoms with Gasteiger partial charge in [0.25, 0.3) is 0 Å². The van der Waals surface area contributed by atoms with Gasteiger partial charge in [0.1, 0.15) is 0 Å². The van der Waals surface area contributed by atoms with Crippen molar-refractivity contribution in [3.8, 4) is 11.4 Å². The van der Waals surface area contributed by atoms with Crippen molar-refractivity contribution in [1.82, 2.24) is 9.97 Å². The van der Waals surface area contributed by atoms with E-state index in [2.05, 4.69) is 50.9 Å². The number of rotatable bonds is 6. The van der Waals surface area contributed by atoms with Crippen LogP contribution in [0.25, 0.3) is 11.4 Å². The maximum atomic E-state index is 4.87. The number of aromatic nitrogens is 2. The molecule has 0 unspecified atom stereocenters. The molecule has 2 heterocycles. The first-order valence-electron chi connectivity index (χ1n) is 9.59. The molecule has 0 fully saturated rings. The number of halogens is 2. The van der Waals surface area contributed by atoms with E-state index in [0.717, 1.165) is 22.8 Å². The Kier molecular flexibility index (Phi) is 12.8. The number of pyridine rings is 2. The van der Waals surface area contributed by atoms with Gasteiger partial charge < -0.3 is 24.8 Å². The maximum absolute atomic E-state index is 4.87. The van der Waals surface area contributed by atoms with E-state index in [1.165, 1.54) is 11.1 Å². The fourth-order valence-electron chi connectivity index (χ4n) is 3.14. The first kappa shape index (κ1) is 28.3. The van der Waals surface area contributed by atoms with Crippen molar-refractivity contribution >= 4 is 11.9 Å². The molecule has 2 aromatic heterocycles. The predicted octanol–water partition coefficient (Wildman–Crippen LogP) is 0.341. The summed E-state index contributed by atoms with van der Waals surface area (Å²) in [5.41, 5.74) is 6.49. The first-order valence-corrected chi connectivity index (χ1v) is 9.59. The second-order valence-corrected chi connectivity index (χ2v) is 7.34. The van der Waals surface area contributed by atoms with Gasteiger partial charge >= 0.3 is 17.1 Å². The monoisotopic (exact) mass is 483 g/mol. The van der Waals surface area contributed by atoms with E-state index in [4.69, 9.17) is 9.98 Å². The molecule has 0 radical (unpaired) electrons. The molecule has 3 nitrogen and oxygen atoms in total. The van der Waals surface area contributed by atoms with Crippen molar-refractivity contribution < 1.29 is 41.9 Å². The minimum absolute atomic E-state index is 0. The third-order valence-corrected chi connectivity index (χ3v) is 4.60. The molecule has 0 amide bonds. The van der Waals surface area contributed by atoms with Gasteiger partial charge in [-0.3, -0.25) is 15.0 Å². The minimum atomic E-state index is 0. The van der Waals surface area contributed by atoms with Crippen molar-refractivity contribution in [3.63, 3.8) is 0 Å². The van der Waals surface area contributed by atoms with Crippen molar-refractivity contribution in [2.24, 2.45) is 4.99 Å². The summed E-state index contributed by atoms with van der Waals surface area (Å²) in [5.74, 6) is 0.892. The average molecular weight is 484 g/mol. The molecule has 0 aliphatic heterocycles. The van der Waals surface area contributed by atoms with E-state index >= 15 is 0 Å². The number of benzene rings is 1. The molecule has 30 heavy (non-hydrogen) atoms. The van der Waals surface area contributed by atoms with Gasteiger partial charge in [-0.05, 0) is 47.2 Å². The van der Waals surface area contributed by atoms with Gasteiger partial charge in [-0.25, -0.2) is 0 Å². The molecule has 0 atom stereocenters. The Balaban J connectivity index is 0.00000280. The first-order chi connectivity index (χ1) is 13.1. The zero-order valence-corrected chi connectivity index (χ0v) is 20.3. The molecule has 0 spiro atoms. The summed E-state index contributed by atoms with van der Waals surface area (Å²) in [6.07, 6.45) is 4.48. The van der Waals surface area contributed by atoms with Crippen LogP contribution in [0.15, 0.2) is 65.8 Å². The Bertz CT molecular complexity index is 902. The van der Waals surface area contributed by atoms with E-state index in [1.807, 2.05) is 42.6 Å². The molecule has 0 saturated heterocycles. The third kappa shape index (κ3) is 7.21. The summed E-state index contributed by atoms with van der Waals surface area (Å²) in [7, 11) is 0. The number of nitrogens with zero attached hydrogens (tertiary/aromatic N) is 3. The zero-order chi connectivity index (χ0) is 19.2. The smallest absolute Gasteiger partial charge is 1.00 e. The van der Waals surface area contributed by atoms with Gasteiger partial charge in [0.05, 0.1) is 17.1 Å². The van der Waals surface area contributed by atoms with E-state index in [9.17, 15) is 0 Å². The molecular formula is C24H27Cl2FeN3. The molecule has 3 aromatic rings. The number of hydrogen-bond acceptors (Lipinski definition) is 3. The van der Waals surface area contributed by atoms with Crippen LogP contribution in [0.4, 0.5) is 5.69 Å². The summed E-state index contributed by atoms with van der Waals surface area (Å²) in [5, 5.41) is 0. The van der Waals surface area contributed by atoms with Gasteiger partial charge in [-0.2, -0.15) is 0 Å². The molecular weight excluding hydrogens is 457 g/mol. The van der Waals surface area contributed by atoms with Crippen LogP contribution in [0.1, 0.15) is 56.4 Å². The van der Waals surface area contributed by atoms with E-state index < -0.39 is 0 Å². The molecule has 1 aromatic carbocycles. The van der Waals surface area contributed by atoms with Crippen LogP contribution in [0.3, 0.4) is 0 Å². The fraction of sp³-hybridized carbons (Fsp3) is 0.292. The summed E-state index contributed by atoms with van der Waals surface area (Å²) in [6, 6.07) is 18.4. The molecule has 0 aliphatic carbocycles. The summed E-state index contributed by atoms with van der Waals surface area (Å²) >= 11 is 0. The van der Waals surface area contributed by atoms with E-state index in [-0.39, 0.29) is 41.9 Å².